The Kier molecular flexibility index (Phi) is 7.42. The van der Waals surface area contributed by atoms with E-state index in [9.17, 15) is 13.2 Å². The Labute approximate surface area is 167 Å². The molecule has 0 aliphatic carbocycles. The molecule has 0 saturated carbocycles. The molecule has 0 spiro atoms. The van der Waals surface area contributed by atoms with Crippen molar-refractivity contribution in [3.63, 3.8) is 0 Å². The summed E-state index contributed by atoms with van der Waals surface area (Å²) in [6, 6.07) is 13.5. The van der Waals surface area contributed by atoms with Gasteiger partial charge in [-0.3, -0.25) is 4.79 Å². The van der Waals surface area contributed by atoms with Crippen LogP contribution in [0.25, 0.3) is 0 Å². The molecule has 2 aromatic rings. The van der Waals surface area contributed by atoms with Gasteiger partial charge in [0.2, 0.25) is 10.0 Å². The Morgan fingerprint density at radius 2 is 1.62 bits per heavy atom. The third kappa shape index (κ3) is 5.42. The summed E-state index contributed by atoms with van der Waals surface area (Å²) in [5.74, 6) is 0.295. The molecule has 1 N–H and O–H groups in total. The fraction of sp³-hybridized carbons (Fsp3) is 0.278. The number of anilines is 1. The lowest BCUT2D eigenvalue weighted by Gasteiger charge is -2.18. The molecule has 140 valence electrons. The number of ether oxygens (including phenoxy) is 1. The van der Waals surface area contributed by atoms with E-state index in [0.717, 1.165) is 3.57 Å². The van der Waals surface area contributed by atoms with Gasteiger partial charge in [0.1, 0.15) is 5.75 Å². The number of nitrogens with zero attached hydrogens (tertiary/aromatic N) is 1. The average Bonchev–Trinajstić information content (AvgIpc) is 2.62. The number of benzene rings is 2. The number of amides is 1. The number of carbonyl (C=O) groups is 1. The van der Waals surface area contributed by atoms with E-state index in [1.807, 2.05) is 12.1 Å². The van der Waals surface area contributed by atoms with Crippen molar-refractivity contribution in [2.45, 2.75) is 18.7 Å². The van der Waals surface area contributed by atoms with E-state index in [1.165, 1.54) is 16.4 Å². The van der Waals surface area contributed by atoms with Gasteiger partial charge in [-0.05, 0) is 71.1 Å². The second-order valence-electron chi connectivity index (χ2n) is 5.40. The molecule has 2 rings (SSSR count). The number of carbonyl (C=O) groups excluding carboxylic acids is 1. The zero-order valence-corrected chi connectivity index (χ0v) is 17.6. The fourth-order valence-corrected chi connectivity index (χ4v) is 4.12. The maximum Gasteiger partial charge on any atom is 0.262 e. The topological polar surface area (TPSA) is 75.7 Å². The molecule has 0 aromatic heterocycles. The van der Waals surface area contributed by atoms with E-state index in [-0.39, 0.29) is 17.4 Å². The third-order valence-electron chi connectivity index (χ3n) is 3.66. The van der Waals surface area contributed by atoms with Crippen LogP contribution in [0.1, 0.15) is 13.8 Å². The summed E-state index contributed by atoms with van der Waals surface area (Å²) >= 11 is 2.19. The van der Waals surface area contributed by atoms with Crippen LogP contribution in [0.3, 0.4) is 0 Å². The Balaban J connectivity index is 1.96. The summed E-state index contributed by atoms with van der Waals surface area (Å²) in [4.78, 5) is 12.2. The van der Waals surface area contributed by atoms with Crippen molar-refractivity contribution in [1.29, 1.82) is 0 Å². The van der Waals surface area contributed by atoms with E-state index in [4.69, 9.17) is 4.74 Å². The van der Waals surface area contributed by atoms with Crippen LogP contribution in [0.2, 0.25) is 0 Å². The summed E-state index contributed by atoms with van der Waals surface area (Å²) in [7, 11) is -3.50. The lowest BCUT2D eigenvalue weighted by atomic mass is 10.3. The SMILES string of the molecule is CCN(CC)S(=O)(=O)c1ccc(NC(=O)COc2ccc(I)cc2)cc1. The molecule has 0 unspecified atom stereocenters. The van der Waals surface area contributed by atoms with Gasteiger partial charge in [-0.15, -0.1) is 0 Å². The average molecular weight is 488 g/mol. The predicted molar refractivity (Wildman–Crippen MR) is 110 cm³/mol. The lowest BCUT2D eigenvalue weighted by molar-refractivity contribution is -0.118. The minimum atomic E-state index is -3.50. The molecular weight excluding hydrogens is 467 g/mol. The lowest BCUT2D eigenvalue weighted by Crippen LogP contribution is -2.30. The van der Waals surface area contributed by atoms with Crippen LogP contribution in [-0.4, -0.2) is 38.3 Å². The van der Waals surface area contributed by atoms with E-state index in [1.54, 1.807) is 38.1 Å². The highest BCUT2D eigenvalue weighted by Crippen LogP contribution is 2.18. The first-order valence-corrected chi connectivity index (χ1v) is 10.7. The first-order chi connectivity index (χ1) is 12.4. The molecule has 2 aromatic carbocycles. The van der Waals surface area contributed by atoms with Gasteiger partial charge in [0.05, 0.1) is 4.90 Å². The number of sulfonamides is 1. The fourth-order valence-electron chi connectivity index (χ4n) is 2.30. The molecule has 0 saturated heterocycles. The Morgan fingerprint density at radius 1 is 1.04 bits per heavy atom. The van der Waals surface area contributed by atoms with Gasteiger partial charge in [-0.1, -0.05) is 13.8 Å². The molecule has 0 heterocycles. The van der Waals surface area contributed by atoms with Gasteiger partial charge in [0.25, 0.3) is 5.91 Å². The summed E-state index contributed by atoms with van der Waals surface area (Å²) in [5, 5.41) is 2.69. The zero-order valence-electron chi connectivity index (χ0n) is 14.6. The molecule has 0 radical (unpaired) electrons. The number of rotatable bonds is 8. The maximum atomic E-state index is 12.4. The molecule has 8 heteroatoms. The monoisotopic (exact) mass is 488 g/mol. The van der Waals surface area contributed by atoms with Crippen molar-refractivity contribution < 1.29 is 17.9 Å². The Hall–Kier alpha value is -1.65. The van der Waals surface area contributed by atoms with Crippen molar-refractivity contribution in [2.24, 2.45) is 0 Å². The van der Waals surface area contributed by atoms with Crippen LogP contribution in [-0.2, 0) is 14.8 Å². The summed E-state index contributed by atoms with van der Waals surface area (Å²) in [6.45, 7) is 4.28. The predicted octanol–water partition coefficient (Wildman–Crippen LogP) is 3.34. The Morgan fingerprint density at radius 3 is 2.15 bits per heavy atom. The molecule has 26 heavy (non-hydrogen) atoms. The van der Waals surface area contributed by atoms with Crippen LogP contribution in [0.4, 0.5) is 5.69 Å². The molecule has 0 fully saturated rings. The van der Waals surface area contributed by atoms with Crippen molar-refractivity contribution in [3.05, 3.63) is 52.1 Å². The molecule has 0 aliphatic rings. The standard InChI is InChI=1S/C18H21IN2O4S/c1-3-21(4-2)26(23,24)17-11-7-15(8-12-17)20-18(22)13-25-16-9-5-14(19)6-10-16/h5-12H,3-4,13H2,1-2H3,(H,20,22). The minimum absolute atomic E-state index is 0.125. The van der Waals surface area contributed by atoms with Gasteiger partial charge in [0, 0.05) is 22.3 Å². The van der Waals surface area contributed by atoms with E-state index >= 15 is 0 Å². The second-order valence-corrected chi connectivity index (χ2v) is 8.59. The molecule has 0 atom stereocenters. The summed E-state index contributed by atoms with van der Waals surface area (Å²) in [5.41, 5.74) is 0.514. The highest BCUT2D eigenvalue weighted by atomic mass is 127. The number of hydrogen-bond donors (Lipinski definition) is 1. The summed E-state index contributed by atoms with van der Waals surface area (Å²) in [6.07, 6.45) is 0. The van der Waals surface area contributed by atoms with Crippen molar-refractivity contribution in [1.82, 2.24) is 4.31 Å². The third-order valence-corrected chi connectivity index (χ3v) is 6.45. The van der Waals surface area contributed by atoms with Crippen LogP contribution >= 0.6 is 22.6 Å². The van der Waals surface area contributed by atoms with Crippen molar-refractivity contribution in [3.8, 4) is 5.75 Å². The van der Waals surface area contributed by atoms with Crippen molar-refractivity contribution >= 4 is 44.2 Å². The van der Waals surface area contributed by atoms with Gasteiger partial charge >= 0.3 is 0 Å². The number of hydrogen-bond acceptors (Lipinski definition) is 4. The van der Waals surface area contributed by atoms with Gasteiger partial charge in [-0.2, -0.15) is 4.31 Å². The van der Waals surface area contributed by atoms with Crippen molar-refractivity contribution in [2.75, 3.05) is 25.0 Å². The van der Waals surface area contributed by atoms with Gasteiger partial charge in [0.15, 0.2) is 6.61 Å². The van der Waals surface area contributed by atoms with E-state index < -0.39 is 10.0 Å². The second kappa shape index (κ2) is 9.33. The quantitative estimate of drug-likeness (QED) is 0.579. The molecule has 6 nitrogen and oxygen atoms in total. The first-order valence-electron chi connectivity index (χ1n) is 8.15. The van der Waals surface area contributed by atoms with Crippen LogP contribution in [0.15, 0.2) is 53.4 Å². The molecule has 0 aliphatic heterocycles. The zero-order chi connectivity index (χ0) is 19.2. The Bertz CT molecular complexity index is 832. The smallest absolute Gasteiger partial charge is 0.262 e. The number of nitrogens with one attached hydrogen (secondary N) is 1. The normalized spacial score (nSPS) is 11.4. The minimum Gasteiger partial charge on any atom is -0.484 e. The first kappa shape index (κ1) is 20.7. The van der Waals surface area contributed by atoms with E-state index in [2.05, 4.69) is 27.9 Å². The van der Waals surface area contributed by atoms with E-state index in [0.29, 0.717) is 24.5 Å². The highest BCUT2D eigenvalue weighted by molar-refractivity contribution is 14.1. The van der Waals surface area contributed by atoms with Crippen LogP contribution in [0, 0.1) is 3.57 Å². The molecular formula is C18H21IN2O4S. The molecule has 0 bridgehead atoms. The summed E-state index contributed by atoms with van der Waals surface area (Å²) < 4.78 is 32.7. The van der Waals surface area contributed by atoms with Crippen LogP contribution in [0.5, 0.6) is 5.75 Å². The highest BCUT2D eigenvalue weighted by Gasteiger charge is 2.21. The van der Waals surface area contributed by atoms with Gasteiger partial charge < -0.3 is 10.1 Å². The van der Waals surface area contributed by atoms with Crippen LogP contribution < -0.4 is 10.1 Å². The largest absolute Gasteiger partial charge is 0.484 e. The molecule has 1 amide bonds. The number of halogens is 1. The maximum absolute atomic E-state index is 12.4. The van der Waals surface area contributed by atoms with Gasteiger partial charge in [-0.25, -0.2) is 8.42 Å².